The summed E-state index contributed by atoms with van der Waals surface area (Å²) in [5, 5.41) is 8.23. The van der Waals surface area contributed by atoms with Gasteiger partial charge in [-0.15, -0.1) is 0 Å². The van der Waals surface area contributed by atoms with Crippen LogP contribution in [0.25, 0.3) is 0 Å². The molecule has 0 aliphatic carbocycles. The maximum absolute atomic E-state index is 8.23. The van der Waals surface area contributed by atoms with E-state index >= 15 is 0 Å². The third-order valence-electron chi connectivity index (χ3n) is 0.730. The molecule has 0 amide bonds. The monoisotopic (exact) mass is 130 g/mol. The Balaban J connectivity index is 3.79. The molecule has 0 aromatic rings. The van der Waals surface area contributed by atoms with Crippen LogP contribution in [0.5, 0.6) is 0 Å². The number of nitriles is 1. The highest BCUT2D eigenvalue weighted by atomic mass is 14.2. The normalized spacial score (nSPS) is 9.90. The predicted octanol–water partition coefficient (Wildman–Crippen LogP) is 2.17. The zero-order valence-corrected chi connectivity index (χ0v) is 5.67. The lowest BCUT2D eigenvalue weighted by molar-refractivity contribution is 1.50. The third kappa shape index (κ3) is 4.61. The summed E-state index contributed by atoms with van der Waals surface area (Å²) in [5.74, 6) is 0. The van der Waals surface area contributed by atoms with Crippen molar-refractivity contribution >= 4 is 0 Å². The second-order valence-electron chi connectivity index (χ2n) is 1.54. The minimum Gasteiger partial charge on any atom is -0.192 e. The molecule has 0 spiro atoms. The summed E-state index contributed by atoms with van der Waals surface area (Å²) in [4.78, 5) is 0. The van der Waals surface area contributed by atoms with Crippen LogP contribution in [0.15, 0.2) is 43.0 Å². The van der Waals surface area contributed by atoms with Gasteiger partial charge in [0.1, 0.15) is 0 Å². The highest BCUT2D eigenvalue weighted by molar-refractivity contribution is 5.29. The summed E-state index contributed by atoms with van der Waals surface area (Å²) >= 11 is 0. The van der Waals surface area contributed by atoms with Crippen LogP contribution in [-0.4, -0.2) is 0 Å². The van der Waals surface area contributed by atoms with E-state index in [0.29, 0.717) is 5.57 Å². The molecule has 1 nitrogen and oxygen atoms in total. The molecule has 0 rings (SSSR count). The molecule has 0 saturated carbocycles. The van der Waals surface area contributed by atoms with Crippen LogP contribution in [0.3, 0.4) is 0 Å². The van der Waals surface area contributed by atoms with Gasteiger partial charge in [-0.2, -0.15) is 5.26 Å². The Morgan fingerprint density at radius 3 is 2.70 bits per heavy atom. The van der Waals surface area contributed by atoms with E-state index in [-0.39, 0.29) is 0 Å². The molecule has 0 fully saturated rings. The quantitative estimate of drug-likeness (QED) is 0.424. The first-order valence-corrected chi connectivity index (χ1v) is 2.77. The summed E-state index contributed by atoms with van der Waals surface area (Å²) in [5.41, 5.74) is 0.397. The smallest absolute Gasteiger partial charge is 0.0985 e. The van der Waals surface area contributed by atoms with Gasteiger partial charge in [0.05, 0.1) is 6.07 Å². The number of rotatable bonds is 3. The molecule has 0 heterocycles. The Morgan fingerprint density at radius 2 is 2.20 bits per heavy atom. The summed E-state index contributed by atoms with van der Waals surface area (Å²) < 4.78 is 0. The average Bonchev–Trinajstić information content (AvgIpc) is 1.98. The standard InChI is InChI=1S/C9H8N/c1-3-4-5-6-7-9(2)8-10/h3-5,7H,1-2H2. The molecule has 0 aromatic heterocycles. The van der Waals surface area contributed by atoms with Gasteiger partial charge in [0.2, 0.25) is 0 Å². The largest absolute Gasteiger partial charge is 0.192 e. The third-order valence-corrected chi connectivity index (χ3v) is 0.730. The second kappa shape index (κ2) is 5.58. The lowest BCUT2D eigenvalue weighted by atomic mass is 10.3. The van der Waals surface area contributed by atoms with Crippen LogP contribution in [0.1, 0.15) is 0 Å². The maximum atomic E-state index is 8.23. The van der Waals surface area contributed by atoms with Crippen LogP contribution in [-0.2, 0) is 0 Å². The number of hydrogen-bond donors (Lipinski definition) is 0. The van der Waals surface area contributed by atoms with E-state index in [1.807, 2.05) is 6.07 Å². The summed E-state index contributed by atoms with van der Waals surface area (Å²) in [7, 11) is 0. The van der Waals surface area contributed by atoms with E-state index in [1.165, 1.54) is 6.08 Å². The fourth-order valence-corrected chi connectivity index (χ4v) is 0.305. The molecule has 0 saturated heterocycles. The van der Waals surface area contributed by atoms with Crippen molar-refractivity contribution in [3.63, 3.8) is 0 Å². The van der Waals surface area contributed by atoms with Crippen molar-refractivity contribution in [2.75, 3.05) is 0 Å². The molecular weight excluding hydrogens is 122 g/mol. The molecule has 0 unspecified atom stereocenters. The Bertz CT molecular complexity index is 213. The number of hydrogen-bond acceptors (Lipinski definition) is 1. The van der Waals surface area contributed by atoms with Crippen molar-refractivity contribution in [2.45, 2.75) is 0 Å². The van der Waals surface area contributed by atoms with Gasteiger partial charge in [0, 0.05) is 5.57 Å². The van der Waals surface area contributed by atoms with Crippen molar-refractivity contribution in [3.8, 4) is 6.07 Å². The average molecular weight is 130 g/mol. The highest BCUT2D eigenvalue weighted by Crippen LogP contribution is 1.88. The molecule has 1 heteroatoms. The topological polar surface area (TPSA) is 23.8 Å². The molecule has 10 heavy (non-hydrogen) atoms. The summed E-state index contributed by atoms with van der Waals surface area (Å²) in [6, 6.07) is 1.87. The summed E-state index contributed by atoms with van der Waals surface area (Å²) in [6.07, 6.45) is 9.27. The molecule has 0 atom stereocenters. The van der Waals surface area contributed by atoms with E-state index in [2.05, 4.69) is 19.2 Å². The Kier molecular flexibility index (Phi) is 4.72. The van der Waals surface area contributed by atoms with Crippen molar-refractivity contribution in [1.29, 1.82) is 5.26 Å². The predicted molar refractivity (Wildman–Crippen MR) is 41.9 cm³/mol. The first-order chi connectivity index (χ1) is 4.81. The molecule has 0 aliphatic heterocycles. The minimum atomic E-state index is 0.397. The van der Waals surface area contributed by atoms with E-state index in [9.17, 15) is 0 Å². The van der Waals surface area contributed by atoms with Crippen LogP contribution in [0.2, 0.25) is 0 Å². The molecular formula is C9H8N. The van der Waals surface area contributed by atoms with Gasteiger partial charge in [-0.1, -0.05) is 31.4 Å². The van der Waals surface area contributed by atoms with Gasteiger partial charge in [-0.25, -0.2) is 0 Å². The van der Waals surface area contributed by atoms with Crippen molar-refractivity contribution in [2.24, 2.45) is 0 Å². The van der Waals surface area contributed by atoms with Crippen molar-refractivity contribution in [3.05, 3.63) is 49.1 Å². The zero-order valence-electron chi connectivity index (χ0n) is 5.67. The Morgan fingerprint density at radius 1 is 1.50 bits per heavy atom. The van der Waals surface area contributed by atoms with Crippen molar-refractivity contribution < 1.29 is 0 Å². The van der Waals surface area contributed by atoms with Gasteiger partial charge in [0.25, 0.3) is 0 Å². The Hall–Kier alpha value is -1.55. The first kappa shape index (κ1) is 8.45. The Labute approximate surface area is 61.3 Å². The molecule has 0 bridgehead atoms. The fourth-order valence-electron chi connectivity index (χ4n) is 0.305. The van der Waals surface area contributed by atoms with Crippen LogP contribution in [0.4, 0.5) is 0 Å². The van der Waals surface area contributed by atoms with Gasteiger partial charge in [-0.3, -0.25) is 0 Å². The molecule has 49 valence electrons. The van der Waals surface area contributed by atoms with Gasteiger partial charge in [-0.05, 0) is 12.2 Å². The lowest BCUT2D eigenvalue weighted by Gasteiger charge is -1.75. The van der Waals surface area contributed by atoms with E-state index < -0.39 is 0 Å². The number of allylic oxidation sites excluding steroid dienone is 6. The fraction of sp³-hybridized carbons (Fsp3) is 0. The minimum absolute atomic E-state index is 0.397. The molecule has 0 aromatic carbocycles. The molecule has 0 aliphatic rings. The SMILES string of the molecule is C=CC=C[C]=CC(=C)C#N. The van der Waals surface area contributed by atoms with Gasteiger partial charge in [0.15, 0.2) is 0 Å². The van der Waals surface area contributed by atoms with E-state index in [1.54, 1.807) is 18.2 Å². The van der Waals surface area contributed by atoms with Crippen LogP contribution >= 0.6 is 0 Å². The van der Waals surface area contributed by atoms with E-state index in [4.69, 9.17) is 5.26 Å². The second-order valence-corrected chi connectivity index (χ2v) is 1.54. The maximum Gasteiger partial charge on any atom is 0.0985 e. The van der Waals surface area contributed by atoms with Crippen LogP contribution < -0.4 is 0 Å². The van der Waals surface area contributed by atoms with E-state index in [0.717, 1.165) is 0 Å². The van der Waals surface area contributed by atoms with Gasteiger partial charge >= 0.3 is 0 Å². The summed E-state index contributed by atoms with van der Waals surface area (Å²) in [6.45, 7) is 6.90. The first-order valence-electron chi connectivity index (χ1n) is 2.77. The van der Waals surface area contributed by atoms with Crippen molar-refractivity contribution in [1.82, 2.24) is 0 Å². The number of nitrogens with zero attached hydrogens (tertiary/aromatic N) is 1. The van der Waals surface area contributed by atoms with Gasteiger partial charge < -0.3 is 0 Å². The zero-order chi connectivity index (χ0) is 7.82. The molecule has 0 N–H and O–H groups in total. The lowest BCUT2D eigenvalue weighted by Crippen LogP contribution is -1.62. The van der Waals surface area contributed by atoms with Crippen LogP contribution in [0, 0.1) is 17.4 Å². The highest BCUT2D eigenvalue weighted by Gasteiger charge is 1.76. The molecule has 1 radical (unpaired) electrons.